The van der Waals surface area contributed by atoms with Crippen molar-refractivity contribution in [1.82, 2.24) is 10.2 Å². The molecule has 3 N–H and O–H groups in total. The van der Waals surface area contributed by atoms with Crippen LogP contribution in [0.4, 0.5) is 33.7 Å². The molecule has 0 saturated carbocycles. The zero-order valence-corrected chi connectivity index (χ0v) is 21.9. The number of rotatable bonds is 8. The Morgan fingerprint density at radius 3 is 2.36 bits per heavy atom. The fourth-order valence-electron chi connectivity index (χ4n) is 4.34. The quantitative estimate of drug-likeness (QED) is 0.330. The summed E-state index contributed by atoms with van der Waals surface area (Å²) >= 11 is 0. The molecule has 0 bridgehead atoms. The van der Waals surface area contributed by atoms with Gasteiger partial charge in [0.1, 0.15) is 23.3 Å². The largest absolute Gasteiger partial charge is 0.395 e. The first-order valence-corrected chi connectivity index (χ1v) is 11.8. The Kier molecular flexibility index (Phi) is 9.41. The van der Waals surface area contributed by atoms with E-state index in [9.17, 15) is 27.2 Å². The lowest BCUT2D eigenvalue weighted by Crippen LogP contribution is -2.46. The smallest absolute Gasteiger partial charge is 0.325 e. The zero-order valence-electron chi connectivity index (χ0n) is 21.1. The van der Waals surface area contributed by atoms with Crippen LogP contribution in [-0.2, 0) is 13.1 Å². The van der Waals surface area contributed by atoms with E-state index in [1.807, 2.05) is 6.92 Å². The molecule has 0 radical (unpaired) electrons. The minimum Gasteiger partial charge on any atom is -0.395 e. The molecule has 0 saturated heterocycles. The topological polar surface area (TPSA) is 84.9 Å². The molecule has 39 heavy (non-hydrogen) atoms. The van der Waals surface area contributed by atoms with Gasteiger partial charge in [-0.1, -0.05) is 12.1 Å². The second kappa shape index (κ2) is 12.4. The number of benzene rings is 3. The van der Waals surface area contributed by atoms with Crippen molar-refractivity contribution in [3.05, 3.63) is 94.1 Å². The Hall–Kier alpha value is -3.83. The van der Waals surface area contributed by atoms with Crippen molar-refractivity contribution in [2.75, 3.05) is 30.4 Å². The number of urea groups is 1. The van der Waals surface area contributed by atoms with E-state index in [-0.39, 0.29) is 49.3 Å². The van der Waals surface area contributed by atoms with Crippen LogP contribution in [0.2, 0.25) is 0 Å². The number of aliphatic hydroxyl groups is 1. The molecule has 0 spiro atoms. The highest BCUT2D eigenvalue weighted by atomic mass is 35.5. The molecule has 12 heteroatoms. The maximum Gasteiger partial charge on any atom is 0.325 e. The van der Waals surface area contributed by atoms with Gasteiger partial charge in [-0.2, -0.15) is 0 Å². The van der Waals surface area contributed by atoms with Crippen LogP contribution < -0.4 is 15.5 Å². The zero-order chi connectivity index (χ0) is 27.6. The van der Waals surface area contributed by atoms with Crippen LogP contribution in [0.5, 0.6) is 0 Å². The minimum atomic E-state index is -1.13. The van der Waals surface area contributed by atoms with Crippen molar-refractivity contribution in [2.24, 2.45) is 0 Å². The number of nitrogens with one attached hydrogen (secondary N) is 2. The molecule has 1 atom stereocenters. The lowest BCUT2D eigenvalue weighted by Gasteiger charge is -2.40. The summed E-state index contributed by atoms with van der Waals surface area (Å²) < 4.78 is 56.0. The molecular weight excluding hydrogens is 540 g/mol. The number of hydrogen-bond acceptors (Lipinski definition) is 4. The first kappa shape index (κ1) is 29.7. The first-order valence-electron chi connectivity index (χ1n) is 11.8. The minimum absolute atomic E-state index is 0. The van der Waals surface area contributed by atoms with Crippen molar-refractivity contribution < 1.29 is 32.3 Å². The van der Waals surface area contributed by atoms with Crippen molar-refractivity contribution in [1.29, 1.82) is 0 Å². The second-order valence-electron chi connectivity index (χ2n) is 8.88. The molecule has 3 amide bonds. The van der Waals surface area contributed by atoms with Crippen molar-refractivity contribution >= 4 is 35.7 Å². The average molecular weight is 567 g/mol. The Bertz CT molecular complexity index is 1370. The summed E-state index contributed by atoms with van der Waals surface area (Å²) in [6, 6.07) is 9.33. The molecule has 0 fully saturated rings. The van der Waals surface area contributed by atoms with Gasteiger partial charge in [0.05, 0.1) is 24.9 Å². The summed E-state index contributed by atoms with van der Waals surface area (Å²) in [4.78, 5) is 29.0. The lowest BCUT2D eigenvalue weighted by molar-refractivity contribution is 0.0950. The van der Waals surface area contributed by atoms with Gasteiger partial charge in [0, 0.05) is 54.6 Å². The maximum atomic E-state index is 14.9. The molecule has 3 aromatic carbocycles. The Balaban J connectivity index is 0.00000420. The highest BCUT2D eigenvalue weighted by molar-refractivity contribution is 6.00. The molecule has 7 nitrogen and oxygen atoms in total. The highest BCUT2D eigenvalue weighted by Crippen LogP contribution is 2.38. The van der Waals surface area contributed by atoms with E-state index in [2.05, 4.69) is 10.6 Å². The van der Waals surface area contributed by atoms with Crippen LogP contribution in [0.25, 0.3) is 0 Å². The van der Waals surface area contributed by atoms with Gasteiger partial charge >= 0.3 is 6.03 Å². The third kappa shape index (κ3) is 6.10. The van der Waals surface area contributed by atoms with Crippen LogP contribution in [0.1, 0.15) is 40.0 Å². The number of anilines is 2. The summed E-state index contributed by atoms with van der Waals surface area (Å²) in [7, 11) is 1.61. The predicted molar refractivity (Wildman–Crippen MR) is 141 cm³/mol. The number of amides is 3. The fraction of sp³-hybridized carbons (Fsp3) is 0.259. The van der Waals surface area contributed by atoms with Crippen LogP contribution in [0.3, 0.4) is 0 Å². The number of carbonyl (C=O) groups is 2. The average Bonchev–Trinajstić information content (AvgIpc) is 2.88. The van der Waals surface area contributed by atoms with Crippen LogP contribution in [0.15, 0.2) is 48.5 Å². The Labute approximate surface area is 228 Å². The first-order chi connectivity index (χ1) is 18.1. The molecular formula is C27H27ClF4N4O3. The normalized spacial score (nSPS) is 14.5. The van der Waals surface area contributed by atoms with Crippen molar-refractivity contribution in [3.8, 4) is 0 Å². The predicted octanol–water partition coefficient (Wildman–Crippen LogP) is 5.13. The van der Waals surface area contributed by atoms with Crippen LogP contribution in [-0.4, -0.2) is 42.1 Å². The molecule has 3 aromatic rings. The van der Waals surface area contributed by atoms with Crippen LogP contribution in [0, 0.1) is 23.3 Å². The van der Waals surface area contributed by atoms with E-state index >= 15 is 0 Å². The molecule has 208 valence electrons. The van der Waals surface area contributed by atoms with E-state index in [1.54, 1.807) is 19.2 Å². The van der Waals surface area contributed by atoms with Crippen molar-refractivity contribution in [2.45, 2.75) is 26.1 Å². The fourth-order valence-corrected chi connectivity index (χ4v) is 4.34. The van der Waals surface area contributed by atoms with E-state index in [0.29, 0.717) is 29.1 Å². The summed E-state index contributed by atoms with van der Waals surface area (Å²) in [5, 5.41) is 14.5. The van der Waals surface area contributed by atoms with Gasteiger partial charge in [-0.3, -0.25) is 9.69 Å². The van der Waals surface area contributed by atoms with E-state index < -0.39 is 47.3 Å². The summed E-state index contributed by atoms with van der Waals surface area (Å²) in [5.41, 5.74) is 1.30. The van der Waals surface area contributed by atoms with Gasteiger partial charge in [-0.25, -0.2) is 22.4 Å². The van der Waals surface area contributed by atoms with Gasteiger partial charge in [0.2, 0.25) is 0 Å². The molecule has 1 aliphatic heterocycles. The Morgan fingerprint density at radius 1 is 1.00 bits per heavy atom. The summed E-state index contributed by atoms with van der Waals surface area (Å²) in [6.45, 7) is 1.12. The molecule has 0 aliphatic carbocycles. The van der Waals surface area contributed by atoms with Gasteiger partial charge in [-0.05, 0) is 36.8 Å². The standard InChI is InChI=1S/C27H26F4N4O3.ClH/c1-15-18-7-6-16(26(37)33-13-19-22(30)11-17(28)12-23(19)31)10-25(18)35(27(38)34(15)2)14-20-21(29)4-3-5-24(20)32-8-9-36;/h3-7,10-12,15,32,36H,8-9,13-14H2,1-2H3,(H,33,37);1H. The van der Waals surface area contributed by atoms with Crippen LogP contribution >= 0.6 is 12.4 Å². The third-order valence-electron chi connectivity index (χ3n) is 6.54. The lowest BCUT2D eigenvalue weighted by atomic mass is 9.98. The van der Waals surface area contributed by atoms with Gasteiger partial charge in [-0.15, -0.1) is 12.4 Å². The summed E-state index contributed by atoms with van der Waals surface area (Å²) in [6.07, 6.45) is 0. The SMILES string of the molecule is CC1c2ccc(C(=O)NCc3c(F)cc(F)cc3F)cc2N(Cc2c(F)cccc2NCCO)C(=O)N1C.Cl. The Morgan fingerprint density at radius 2 is 1.69 bits per heavy atom. The second-order valence-corrected chi connectivity index (χ2v) is 8.88. The molecule has 0 aromatic heterocycles. The molecule has 1 unspecified atom stereocenters. The molecule has 4 rings (SSSR count). The van der Waals surface area contributed by atoms with Gasteiger partial charge in [0.25, 0.3) is 5.91 Å². The maximum absolute atomic E-state index is 14.9. The number of halogens is 5. The summed E-state index contributed by atoms with van der Waals surface area (Å²) in [5.74, 6) is -4.56. The number of aliphatic hydroxyl groups excluding tert-OH is 1. The molecule has 1 heterocycles. The van der Waals surface area contributed by atoms with E-state index in [0.717, 1.165) is 0 Å². The van der Waals surface area contributed by atoms with Gasteiger partial charge < -0.3 is 20.6 Å². The van der Waals surface area contributed by atoms with E-state index in [1.165, 1.54) is 34.1 Å². The number of hydrogen-bond donors (Lipinski definition) is 3. The molecule has 1 aliphatic rings. The van der Waals surface area contributed by atoms with E-state index in [4.69, 9.17) is 5.11 Å². The van der Waals surface area contributed by atoms with Gasteiger partial charge in [0.15, 0.2) is 0 Å². The highest BCUT2D eigenvalue weighted by Gasteiger charge is 2.34. The third-order valence-corrected chi connectivity index (χ3v) is 6.54. The number of fused-ring (bicyclic) bond motifs is 1. The van der Waals surface area contributed by atoms with Crippen molar-refractivity contribution in [3.63, 3.8) is 0 Å². The number of nitrogens with zero attached hydrogens (tertiary/aromatic N) is 2. The monoisotopic (exact) mass is 566 g/mol. The number of carbonyl (C=O) groups excluding carboxylic acids is 2.